The van der Waals surface area contributed by atoms with Gasteiger partial charge in [-0.05, 0) is 0 Å². The Hall–Kier alpha value is -1.40. The summed E-state index contributed by atoms with van der Waals surface area (Å²) < 4.78 is 1.40. The van der Waals surface area contributed by atoms with Crippen molar-refractivity contribution in [1.29, 1.82) is 0 Å². The minimum absolute atomic E-state index is 0.0244. The maximum atomic E-state index is 11.6. The first-order chi connectivity index (χ1) is 7.18. The molecule has 0 aliphatic carbocycles. The summed E-state index contributed by atoms with van der Waals surface area (Å²) in [6, 6.07) is 0. The highest BCUT2D eigenvalue weighted by Crippen LogP contribution is 2.10. The summed E-state index contributed by atoms with van der Waals surface area (Å²) in [4.78, 5) is 20.3. The maximum absolute atomic E-state index is 11.6. The molecule has 0 saturated heterocycles. The number of thiazole rings is 1. The van der Waals surface area contributed by atoms with E-state index in [1.54, 1.807) is 11.7 Å². The van der Waals surface area contributed by atoms with Crippen LogP contribution in [0, 0.1) is 0 Å². The van der Waals surface area contributed by atoms with Gasteiger partial charge in [-0.15, -0.1) is 11.3 Å². The molecule has 2 aromatic rings. The quantitative estimate of drug-likeness (QED) is 0.797. The lowest BCUT2D eigenvalue weighted by atomic mass is 10.5. The van der Waals surface area contributed by atoms with Crippen LogP contribution >= 0.6 is 22.9 Å². The molecule has 2 N–H and O–H groups in total. The van der Waals surface area contributed by atoms with E-state index in [4.69, 9.17) is 17.3 Å². The van der Waals surface area contributed by atoms with Crippen molar-refractivity contribution in [2.45, 2.75) is 6.54 Å². The third-order valence-corrected chi connectivity index (χ3v) is 2.90. The molecule has 7 heteroatoms. The molecular formula is C8H7ClN4OS. The molecule has 0 bridgehead atoms. The van der Waals surface area contributed by atoms with Crippen molar-refractivity contribution < 1.29 is 0 Å². The molecule has 0 aliphatic heterocycles. The molecule has 0 fully saturated rings. The van der Waals surface area contributed by atoms with E-state index in [1.807, 2.05) is 0 Å². The van der Waals surface area contributed by atoms with Crippen LogP contribution < -0.4 is 11.3 Å². The second kappa shape index (κ2) is 4.00. The van der Waals surface area contributed by atoms with Crippen LogP contribution in [-0.4, -0.2) is 14.5 Å². The van der Waals surface area contributed by atoms with Gasteiger partial charge < -0.3 is 5.73 Å². The van der Waals surface area contributed by atoms with E-state index in [1.165, 1.54) is 22.2 Å². The maximum Gasteiger partial charge on any atom is 0.278 e. The minimum atomic E-state index is -0.330. The van der Waals surface area contributed by atoms with Crippen LogP contribution in [0.2, 0.25) is 5.15 Å². The lowest BCUT2D eigenvalue weighted by Gasteiger charge is -2.04. The van der Waals surface area contributed by atoms with Gasteiger partial charge >= 0.3 is 0 Å². The lowest BCUT2D eigenvalue weighted by Crippen LogP contribution is -2.23. The first kappa shape index (κ1) is 10.1. The first-order valence-electron chi connectivity index (χ1n) is 4.06. The van der Waals surface area contributed by atoms with Crippen molar-refractivity contribution in [2.75, 3.05) is 5.73 Å². The highest BCUT2D eigenvalue weighted by molar-refractivity contribution is 7.09. The molecule has 0 atom stereocenters. The van der Waals surface area contributed by atoms with Gasteiger partial charge in [-0.25, -0.2) is 4.98 Å². The number of nitrogens with zero attached hydrogens (tertiary/aromatic N) is 3. The molecule has 78 valence electrons. The van der Waals surface area contributed by atoms with E-state index < -0.39 is 0 Å². The average molecular weight is 243 g/mol. The van der Waals surface area contributed by atoms with Crippen molar-refractivity contribution in [3.05, 3.63) is 38.4 Å². The van der Waals surface area contributed by atoms with Crippen molar-refractivity contribution in [2.24, 2.45) is 0 Å². The zero-order valence-electron chi connectivity index (χ0n) is 7.55. The number of aromatic nitrogens is 3. The largest absolute Gasteiger partial charge is 0.392 e. The predicted octanol–water partition coefficient (Wildman–Crippen LogP) is 0.984. The molecule has 0 unspecified atom stereocenters. The van der Waals surface area contributed by atoms with Crippen LogP contribution in [-0.2, 0) is 6.54 Å². The Morgan fingerprint density at radius 3 is 3.07 bits per heavy atom. The summed E-state index contributed by atoms with van der Waals surface area (Å²) in [7, 11) is 0. The van der Waals surface area contributed by atoms with Crippen LogP contribution in [0.5, 0.6) is 0 Å². The third kappa shape index (κ3) is 2.00. The number of rotatable bonds is 2. The van der Waals surface area contributed by atoms with E-state index in [-0.39, 0.29) is 16.4 Å². The number of hydrogen-bond donors (Lipinski definition) is 1. The molecular weight excluding hydrogens is 236 g/mol. The highest BCUT2D eigenvalue weighted by atomic mass is 35.5. The number of halogens is 1. The topological polar surface area (TPSA) is 73.8 Å². The van der Waals surface area contributed by atoms with Gasteiger partial charge in [0.2, 0.25) is 0 Å². The fourth-order valence-corrected chi connectivity index (χ4v) is 1.80. The van der Waals surface area contributed by atoms with E-state index in [0.717, 1.165) is 4.88 Å². The Kier molecular flexibility index (Phi) is 2.70. The number of nitrogens with two attached hydrogens (primary N) is 1. The standard InChI is InChI=1S/C8H7ClN4OS/c9-7-6(10)8(14)13(3-12-7)2-5-1-11-4-15-5/h1,3-4H,2,10H2. The smallest absolute Gasteiger partial charge is 0.278 e. The normalized spacial score (nSPS) is 10.5. The summed E-state index contributed by atoms with van der Waals surface area (Å²) in [5.41, 5.74) is 6.82. The van der Waals surface area contributed by atoms with Gasteiger partial charge in [0.1, 0.15) is 5.69 Å². The molecule has 0 spiro atoms. The van der Waals surface area contributed by atoms with Gasteiger partial charge in [0.15, 0.2) is 5.15 Å². The third-order valence-electron chi connectivity index (χ3n) is 1.83. The van der Waals surface area contributed by atoms with Crippen LogP contribution in [0.1, 0.15) is 4.88 Å². The molecule has 0 aromatic carbocycles. The SMILES string of the molecule is Nc1c(Cl)ncn(Cc2cncs2)c1=O. The Morgan fingerprint density at radius 2 is 2.40 bits per heavy atom. The number of nitrogen functional groups attached to an aromatic ring is 1. The molecule has 5 nitrogen and oxygen atoms in total. The highest BCUT2D eigenvalue weighted by Gasteiger charge is 2.06. The molecule has 2 heterocycles. The fourth-order valence-electron chi connectivity index (χ4n) is 1.09. The van der Waals surface area contributed by atoms with E-state index in [0.29, 0.717) is 6.54 Å². The Bertz CT molecular complexity index is 522. The first-order valence-corrected chi connectivity index (χ1v) is 5.32. The Morgan fingerprint density at radius 1 is 1.60 bits per heavy atom. The van der Waals surface area contributed by atoms with Gasteiger partial charge in [0, 0.05) is 11.1 Å². The van der Waals surface area contributed by atoms with E-state index >= 15 is 0 Å². The van der Waals surface area contributed by atoms with Gasteiger partial charge in [0.25, 0.3) is 5.56 Å². The Labute approximate surface area is 94.2 Å². The van der Waals surface area contributed by atoms with E-state index in [9.17, 15) is 4.79 Å². The van der Waals surface area contributed by atoms with Crippen molar-refractivity contribution in [3.63, 3.8) is 0 Å². The van der Waals surface area contributed by atoms with Gasteiger partial charge in [-0.2, -0.15) is 0 Å². The fraction of sp³-hybridized carbons (Fsp3) is 0.125. The van der Waals surface area contributed by atoms with E-state index in [2.05, 4.69) is 9.97 Å². The zero-order valence-corrected chi connectivity index (χ0v) is 9.13. The monoisotopic (exact) mass is 242 g/mol. The summed E-state index contributed by atoms with van der Waals surface area (Å²) >= 11 is 7.07. The van der Waals surface area contributed by atoms with Crippen LogP contribution in [0.15, 0.2) is 22.8 Å². The van der Waals surface area contributed by atoms with Crippen LogP contribution in [0.25, 0.3) is 0 Å². The zero-order chi connectivity index (χ0) is 10.8. The molecule has 15 heavy (non-hydrogen) atoms. The summed E-state index contributed by atoms with van der Waals surface area (Å²) in [5, 5.41) is 0.0422. The number of hydrogen-bond acceptors (Lipinski definition) is 5. The molecule has 0 amide bonds. The summed E-state index contributed by atoms with van der Waals surface area (Å²) in [6.07, 6.45) is 3.07. The molecule has 0 radical (unpaired) electrons. The van der Waals surface area contributed by atoms with Crippen molar-refractivity contribution in [1.82, 2.24) is 14.5 Å². The second-order valence-corrected chi connectivity index (χ2v) is 4.18. The molecule has 2 rings (SSSR count). The predicted molar refractivity (Wildman–Crippen MR) is 59.1 cm³/mol. The molecule has 0 aliphatic rings. The summed E-state index contributed by atoms with van der Waals surface area (Å²) in [5.74, 6) is 0. The summed E-state index contributed by atoms with van der Waals surface area (Å²) in [6.45, 7) is 0.415. The van der Waals surface area contributed by atoms with Gasteiger partial charge in [-0.1, -0.05) is 11.6 Å². The Balaban J connectivity index is 2.38. The lowest BCUT2D eigenvalue weighted by molar-refractivity contribution is 0.747. The van der Waals surface area contributed by atoms with Crippen molar-refractivity contribution in [3.8, 4) is 0 Å². The number of anilines is 1. The second-order valence-electron chi connectivity index (χ2n) is 2.85. The van der Waals surface area contributed by atoms with Gasteiger partial charge in [0.05, 0.1) is 18.4 Å². The average Bonchev–Trinajstić information content (AvgIpc) is 2.72. The van der Waals surface area contributed by atoms with Crippen molar-refractivity contribution >= 4 is 28.6 Å². The van der Waals surface area contributed by atoms with Crippen LogP contribution in [0.4, 0.5) is 5.69 Å². The van der Waals surface area contributed by atoms with Crippen LogP contribution in [0.3, 0.4) is 0 Å². The molecule has 0 saturated carbocycles. The molecule has 2 aromatic heterocycles. The minimum Gasteiger partial charge on any atom is -0.392 e. The van der Waals surface area contributed by atoms with Gasteiger partial charge in [-0.3, -0.25) is 14.3 Å².